The smallest absolute Gasteiger partial charge is 0.326 e. The quantitative estimate of drug-likeness (QED) is 0.162. The van der Waals surface area contributed by atoms with E-state index in [0.717, 1.165) is 3.27 Å². The Bertz CT molecular complexity index is 817. The molecule has 11 nitrogen and oxygen atoms in total. The number of rotatable bonds is 13. The normalized spacial score (nSPS) is 12.3. The molecule has 0 fully saturated rings. The zero-order valence-corrected chi connectivity index (χ0v) is 19.4. The van der Waals surface area contributed by atoms with Gasteiger partial charge in [0.1, 0.15) is 6.04 Å². The van der Waals surface area contributed by atoms with E-state index in [-0.39, 0.29) is 18.7 Å². The zero-order valence-electron chi connectivity index (χ0n) is 16.5. The summed E-state index contributed by atoms with van der Waals surface area (Å²) >= 11 is 1.39. The summed E-state index contributed by atoms with van der Waals surface area (Å²) in [5.74, 6) is -4.15. The first-order chi connectivity index (χ1) is 14.6. The second kappa shape index (κ2) is 13.5. The van der Waals surface area contributed by atoms with Gasteiger partial charge in [-0.1, -0.05) is 0 Å². The predicted octanol–water partition coefficient (Wildman–Crippen LogP) is -0.168. The van der Waals surface area contributed by atoms with Crippen LogP contribution in [0.2, 0.25) is 0 Å². The van der Waals surface area contributed by atoms with Crippen molar-refractivity contribution in [1.82, 2.24) is 16.0 Å². The van der Waals surface area contributed by atoms with Crippen molar-refractivity contribution in [1.29, 1.82) is 0 Å². The minimum absolute atomic E-state index is 0.0681. The Balaban J connectivity index is 2.43. The van der Waals surface area contributed by atoms with Crippen LogP contribution in [-0.4, -0.2) is 63.8 Å². The second-order valence-electron chi connectivity index (χ2n) is 6.56. The molecule has 0 spiro atoms. The van der Waals surface area contributed by atoms with Crippen LogP contribution in [0.15, 0.2) is 24.3 Å². The standard InChI is InChI=1S/C19H24AtN3O8/c20-12-6-2-1-5-11(12)16(26)21-10-4-3-7-13(17(27)28)22-19(31)23-14(18(29)30)8-9-15(24)25/h1-2,5-6,13-14H,3-4,7-10H2,(H,21,26)(H,24,25)(H,27,28)(H,29,30)(H2,22,23,31)/t13-,14-/m0/s1. The number of urea groups is 1. The summed E-state index contributed by atoms with van der Waals surface area (Å²) in [4.78, 5) is 57.1. The van der Waals surface area contributed by atoms with Crippen LogP contribution in [0, 0.1) is 24.7 Å². The van der Waals surface area contributed by atoms with Gasteiger partial charge in [0, 0.05) is 6.42 Å². The molecule has 0 unspecified atom stereocenters. The molecular weight excluding hydrogens is 608 g/mol. The van der Waals surface area contributed by atoms with Crippen LogP contribution >= 0.6 is 0 Å². The van der Waals surface area contributed by atoms with Crippen molar-refractivity contribution in [3.63, 3.8) is 0 Å². The van der Waals surface area contributed by atoms with Gasteiger partial charge in [-0.2, -0.15) is 0 Å². The van der Waals surface area contributed by atoms with Gasteiger partial charge in [0.15, 0.2) is 0 Å². The molecule has 0 saturated carbocycles. The van der Waals surface area contributed by atoms with Crippen LogP contribution in [0.3, 0.4) is 0 Å². The first-order valence-electron chi connectivity index (χ1n) is 9.39. The third kappa shape index (κ3) is 10.2. The minimum atomic E-state index is -1.46. The molecule has 0 aliphatic carbocycles. The topological polar surface area (TPSA) is 182 Å². The van der Waals surface area contributed by atoms with Crippen molar-refractivity contribution in [3.8, 4) is 0 Å². The summed E-state index contributed by atoms with van der Waals surface area (Å²) in [6.45, 7) is 0.328. The van der Waals surface area contributed by atoms with Gasteiger partial charge in [0.25, 0.3) is 0 Å². The summed E-state index contributed by atoms with van der Waals surface area (Å²) < 4.78 is 0.893. The van der Waals surface area contributed by atoms with E-state index in [2.05, 4.69) is 16.0 Å². The Hall–Kier alpha value is -2.75. The minimum Gasteiger partial charge on any atom is -0.480 e. The van der Waals surface area contributed by atoms with Crippen LogP contribution < -0.4 is 19.2 Å². The van der Waals surface area contributed by atoms with Gasteiger partial charge in [0.05, 0.1) is 0 Å². The number of carbonyl (C=O) groups is 5. The molecule has 0 aliphatic rings. The SMILES string of the molecule is O=C(O)CC[C@H](NC(=O)N[C@@H](CCCCNC(=O)c1ccccc1[At])C(=O)O)C(=O)O. The van der Waals surface area contributed by atoms with Crippen molar-refractivity contribution < 1.29 is 64.0 Å². The number of aliphatic carboxylic acids is 3. The third-order valence-corrected chi connectivity index (χ3v) is 5.46. The van der Waals surface area contributed by atoms with E-state index < -0.39 is 42.4 Å². The van der Waals surface area contributed by atoms with E-state index in [1.165, 1.54) is 24.7 Å². The van der Waals surface area contributed by atoms with Crippen LogP contribution in [0.5, 0.6) is 0 Å². The summed E-state index contributed by atoms with van der Waals surface area (Å²) in [6.07, 6.45) is 0.131. The Kier molecular flexibility index (Phi) is 11.5. The molecule has 0 aromatic heterocycles. The van der Waals surface area contributed by atoms with Crippen LogP contribution in [0.25, 0.3) is 0 Å². The maximum atomic E-state index is 12.1. The fourth-order valence-electron chi connectivity index (χ4n) is 2.56. The van der Waals surface area contributed by atoms with Crippen LogP contribution in [0.1, 0.15) is 42.5 Å². The van der Waals surface area contributed by atoms with Gasteiger partial charge in [0.2, 0.25) is 0 Å². The van der Waals surface area contributed by atoms with Gasteiger partial charge in [-0.3, -0.25) is 4.79 Å². The Morgan fingerprint density at radius 2 is 1.45 bits per heavy atom. The third-order valence-electron chi connectivity index (χ3n) is 4.18. The predicted molar refractivity (Wildman–Crippen MR) is 104 cm³/mol. The summed E-state index contributed by atoms with van der Waals surface area (Å²) in [7, 11) is 0. The van der Waals surface area contributed by atoms with Gasteiger partial charge in [-0.25, -0.2) is 4.79 Å². The van der Waals surface area contributed by atoms with Crippen LogP contribution in [0.4, 0.5) is 4.79 Å². The molecule has 31 heavy (non-hydrogen) atoms. The molecule has 0 saturated heterocycles. The molecule has 1 aromatic carbocycles. The van der Waals surface area contributed by atoms with E-state index in [9.17, 15) is 29.1 Å². The molecule has 12 heteroatoms. The molecular formula is C19H24AtN3O8. The molecule has 1 rings (SSSR count). The average Bonchev–Trinajstić information content (AvgIpc) is 2.69. The Morgan fingerprint density at radius 1 is 0.871 bits per heavy atom. The molecule has 0 radical (unpaired) electrons. The number of hydrogen-bond donors (Lipinski definition) is 6. The number of carboxylic acid groups (broad SMARTS) is 3. The molecule has 6 N–H and O–H groups in total. The van der Waals surface area contributed by atoms with Crippen molar-refractivity contribution in [2.24, 2.45) is 0 Å². The number of carbonyl (C=O) groups excluding carboxylic acids is 2. The van der Waals surface area contributed by atoms with E-state index in [1.807, 2.05) is 12.1 Å². The van der Waals surface area contributed by atoms with E-state index >= 15 is 0 Å². The molecule has 2 atom stereocenters. The van der Waals surface area contributed by atoms with Crippen LogP contribution in [-0.2, 0) is 14.4 Å². The maximum Gasteiger partial charge on any atom is 0.326 e. The monoisotopic (exact) mass is 632 g/mol. The summed E-state index contributed by atoms with van der Waals surface area (Å²) in [6, 6.07) is 3.44. The van der Waals surface area contributed by atoms with Gasteiger partial charge < -0.3 is 10.2 Å². The Labute approximate surface area is 193 Å². The number of hydrogen-bond acceptors (Lipinski definition) is 5. The number of nitrogens with one attached hydrogen (secondary N) is 3. The molecule has 3 amide bonds. The summed E-state index contributed by atoms with van der Waals surface area (Å²) in [5.41, 5.74) is 0.580. The zero-order chi connectivity index (χ0) is 23.4. The number of unbranched alkanes of at least 4 members (excludes halogenated alkanes) is 1. The van der Waals surface area contributed by atoms with E-state index in [1.54, 1.807) is 12.1 Å². The van der Waals surface area contributed by atoms with Crippen molar-refractivity contribution in [2.45, 2.75) is 44.2 Å². The molecule has 1 aromatic rings. The first kappa shape index (κ1) is 26.3. The van der Waals surface area contributed by atoms with Crippen molar-refractivity contribution in [2.75, 3.05) is 6.54 Å². The molecule has 170 valence electrons. The molecule has 0 heterocycles. The number of benzene rings is 1. The fraction of sp³-hybridized carbons (Fsp3) is 0.421. The number of amides is 3. The number of carboxylic acids is 3. The van der Waals surface area contributed by atoms with E-state index in [0.29, 0.717) is 24.9 Å². The summed E-state index contributed by atoms with van der Waals surface area (Å²) in [5, 5.41) is 33.9. The second-order valence-corrected chi connectivity index (χ2v) is 8.15. The largest absolute Gasteiger partial charge is 0.480 e. The fourth-order valence-corrected chi connectivity index (χ4v) is 3.42. The van der Waals surface area contributed by atoms with Gasteiger partial charge in [-0.15, -0.1) is 0 Å². The van der Waals surface area contributed by atoms with Gasteiger partial charge in [-0.05, 0) is 6.42 Å². The first-order valence-corrected chi connectivity index (χ1v) is 10.9. The maximum absolute atomic E-state index is 12.1. The molecule has 0 bridgehead atoms. The average molecular weight is 632 g/mol. The van der Waals surface area contributed by atoms with Crippen molar-refractivity contribution in [3.05, 3.63) is 29.8 Å². The van der Waals surface area contributed by atoms with Crippen molar-refractivity contribution >= 4 is 33.1 Å². The Morgan fingerprint density at radius 3 is 2.00 bits per heavy atom. The molecule has 0 aliphatic heterocycles. The van der Waals surface area contributed by atoms with Gasteiger partial charge >= 0.3 is 155 Å². The van der Waals surface area contributed by atoms with E-state index in [4.69, 9.17) is 10.2 Å².